The average Bonchev–Trinajstić information content (AvgIpc) is 2.87. The molecule has 0 aliphatic heterocycles. The van der Waals surface area contributed by atoms with Crippen LogP contribution >= 0.6 is 0 Å². The molecule has 0 amide bonds. The summed E-state index contributed by atoms with van der Waals surface area (Å²) in [5, 5.41) is 22.2. The second-order valence-corrected chi connectivity index (χ2v) is 16.7. The predicted molar refractivity (Wildman–Crippen MR) is 186 cm³/mol. The second kappa shape index (κ2) is 14.6. The number of rotatable bonds is 10. The Morgan fingerprint density at radius 2 is 1.07 bits per heavy atom. The molecule has 0 saturated carbocycles. The summed E-state index contributed by atoms with van der Waals surface area (Å²) in [7, 11) is 0. The average molecular weight is 621 g/mol. The lowest BCUT2D eigenvalue weighted by molar-refractivity contribution is -0.156. The van der Waals surface area contributed by atoms with E-state index >= 15 is 0 Å². The van der Waals surface area contributed by atoms with E-state index in [2.05, 4.69) is 90.0 Å². The fourth-order valence-corrected chi connectivity index (χ4v) is 5.51. The van der Waals surface area contributed by atoms with Crippen molar-refractivity contribution in [3.05, 3.63) is 69.3 Å². The summed E-state index contributed by atoms with van der Waals surface area (Å²) in [6.07, 6.45) is 6.47. The minimum absolute atomic E-state index is 0.0500. The Balaban J connectivity index is 2.36. The van der Waals surface area contributed by atoms with Crippen molar-refractivity contribution < 1.29 is 24.5 Å². The third kappa shape index (κ3) is 10.8. The van der Waals surface area contributed by atoms with Gasteiger partial charge in [-0.3, -0.25) is 4.79 Å². The van der Waals surface area contributed by atoms with E-state index < -0.39 is 11.9 Å². The van der Waals surface area contributed by atoms with Crippen LogP contribution in [0.1, 0.15) is 155 Å². The number of hydrogen-bond donors (Lipinski definition) is 2. The number of aromatic hydroxyl groups is 2. The van der Waals surface area contributed by atoms with Crippen molar-refractivity contribution in [2.24, 2.45) is 0 Å². The Morgan fingerprint density at radius 3 is 1.44 bits per heavy atom. The van der Waals surface area contributed by atoms with Crippen LogP contribution in [0.4, 0.5) is 0 Å². The number of phenolic OH excluding ortho intramolecular Hbond substituents is 2. The molecule has 2 aromatic carbocycles. The van der Waals surface area contributed by atoms with Crippen molar-refractivity contribution in [1.29, 1.82) is 0 Å². The third-order valence-corrected chi connectivity index (χ3v) is 8.25. The lowest BCUT2D eigenvalue weighted by Crippen LogP contribution is -2.20. The maximum Gasteiger partial charge on any atom is 0.341 e. The molecule has 0 aliphatic rings. The lowest BCUT2D eigenvalue weighted by Gasteiger charge is -2.28. The van der Waals surface area contributed by atoms with E-state index in [-0.39, 0.29) is 28.1 Å². The first-order valence-electron chi connectivity index (χ1n) is 16.6. The normalized spacial score (nSPS) is 13.2. The zero-order chi connectivity index (χ0) is 34.5. The monoisotopic (exact) mass is 620 g/mol. The highest BCUT2D eigenvalue weighted by Gasteiger charge is 2.29. The van der Waals surface area contributed by atoms with Gasteiger partial charge >= 0.3 is 11.9 Å². The Labute approximate surface area is 273 Å². The van der Waals surface area contributed by atoms with Gasteiger partial charge in [0.2, 0.25) is 0 Å². The van der Waals surface area contributed by atoms with Gasteiger partial charge in [0.1, 0.15) is 11.5 Å². The molecule has 2 N–H and O–H groups in total. The van der Waals surface area contributed by atoms with Crippen LogP contribution in [0.25, 0.3) is 0 Å². The summed E-state index contributed by atoms with van der Waals surface area (Å²) in [4.78, 5) is 26.5. The zero-order valence-electron chi connectivity index (χ0n) is 30.5. The molecule has 2 aromatic rings. The van der Waals surface area contributed by atoms with E-state index in [1.807, 2.05) is 30.3 Å². The minimum atomic E-state index is -0.615. The van der Waals surface area contributed by atoms with Gasteiger partial charge in [-0.15, -0.1) is 0 Å². The molecule has 0 saturated heterocycles. The van der Waals surface area contributed by atoms with E-state index in [0.29, 0.717) is 29.9 Å². The van der Waals surface area contributed by atoms with E-state index in [0.717, 1.165) is 59.1 Å². The van der Waals surface area contributed by atoms with Crippen molar-refractivity contribution in [3.8, 4) is 11.5 Å². The summed E-state index contributed by atoms with van der Waals surface area (Å²) in [5.41, 5.74) is 4.48. The highest BCUT2D eigenvalue weighted by Crippen LogP contribution is 2.41. The Bertz CT molecular complexity index is 1310. The number of carbonyl (C=O) groups excluding carboxylic acids is 2. The number of ether oxygens (including phenoxy) is 1. The Kier molecular flexibility index (Phi) is 12.3. The molecule has 5 heteroatoms. The molecule has 45 heavy (non-hydrogen) atoms. The number of esters is 2. The highest BCUT2D eigenvalue weighted by molar-refractivity contribution is 5.96. The van der Waals surface area contributed by atoms with Crippen LogP contribution in [0.2, 0.25) is 0 Å². The van der Waals surface area contributed by atoms with Gasteiger partial charge in [0.05, 0.1) is 6.42 Å². The number of allylic oxidation sites excluding steroid dienone is 1. The van der Waals surface area contributed by atoms with Crippen molar-refractivity contribution in [3.63, 3.8) is 0 Å². The number of benzene rings is 2. The number of phenols is 2. The van der Waals surface area contributed by atoms with Crippen molar-refractivity contribution in [2.75, 3.05) is 0 Å². The molecule has 2 rings (SSSR count). The number of hydrogen-bond acceptors (Lipinski definition) is 5. The minimum Gasteiger partial charge on any atom is -0.507 e. The molecule has 0 aliphatic carbocycles. The first-order chi connectivity index (χ1) is 20.5. The SMILES string of the molecule is CCCCCC=C(Cc1cc(C(C)(C)C)c(O)c(C(C)(C)C)c1)C(=O)OC(=O)CCc1cc(C(C)(C)C)c(O)c(C(C)(C)C)c1. The van der Waals surface area contributed by atoms with E-state index in [4.69, 9.17) is 4.74 Å². The van der Waals surface area contributed by atoms with Gasteiger partial charge in [0.15, 0.2) is 0 Å². The van der Waals surface area contributed by atoms with Gasteiger partial charge < -0.3 is 14.9 Å². The van der Waals surface area contributed by atoms with Crippen LogP contribution in [0, 0.1) is 0 Å². The molecular weight excluding hydrogens is 560 g/mol. The number of aryl methyl sites for hydroxylation is 1. The fourth-order valence-electron chi connectivity index (χ4n) is 5.51. The van der Waals surface area contributed by atoms with E-state index in [9.17, 15) is 19.8 Å². The number of unbranched alkanes of at least 4 members (excludes halogenated alkanes) is 3. The third-order valence-electron chi connectivity index (χ3n) is 8.25. The summed E-state index contributed by atoms with van der Waals surface area (Å²) >= 11 is 0. The second-order valence-electron chi connectivity index (χ2n) is 16.7. The molecule has 0 aromatic heterocycles. The van der Waals surface area contributed by atoms with Crippen molar-refractivity contribution >= 4 is 11.9 Å². The summed E-state index contributed by atoms with van der Waals surface area (Å²) in [5.74, 6) is -0.592. The van der Waals surface area contributed by atoms with Gasteiger partial charge in [0.25, 0.3) is 0 Å². The lowest BCUT2D eigenvalue weighted by atomic mass is 9.78. The van der Waals surface area contributed by atoms with Gasteiger partial charge in [-0.05, 0) is 74.3 Å². The summed E-state index contributed by atoms with van der Waals surface area (Å²) in [6.45, 7) is 26.9. The van der Waals surface area contributed by atoms with Crippen LogP contribution in [0.15, 0.2) is 35.9 Å². The highest BCUT2D eigenvalue weighted by atomic mass is 16.6. The zero-order valence-corrected chi connectivity index (χ0v) is 30.5. The van der Waals surface area contributed by atoms with Gasteiger partial charge in [-0.25, -0.2) is 4.79 Å². The first-order valence-corrected chi connectivity index (χ1v) is 16.6. The van der Waals surface area contributed by atoms with Gasteiger partial charge in [-0.2, -0.15) is 0 Å². The first kappa shape index (κ1) is 38.1. The molecule has 0 fully saturated rings. The summed E-state index contributed by atoms with van der Waals surface area (Å²) in [6, 6.07) is 7.88. The molecule has 0 spiro atoms. The molecule has 5 nitrogen and oxygen atoms in total. The van der Waals surface area contributed by atoms with E-state index in [1.54, 1.807) is 0 Å². The van der Waals surface area contributed by atoms with E-state index in [1.165, 1.54) is 0 Å². The Hall–Kier alpha value is -3.08. The maximum absolute atomic E-state index is 13.5. The van der Waals surface area contributed by atoms with Gasteiger partial charge in [-0.1, -0.05) is 133 Å². The van der Waals surface area contributed by atoms with Crippen molar-refractivity contribution in [1.82, 2.24) is 0 Å². The van der Waals surface area contributed by atoms with Gasteiger partial charge in [0, 0.05) is 12.0 Å². The fraction of sp³-hybridized carbons (Fsp3) is 0.600. The van der Waals surface area contributed by atoms with Crippen LogP contribution in [-0.4, -0.2) is 22.2 Å². The molecule has 250 valence electrons. The Morgan fingerprint density at radius 1 is 0.667 bits per heavy atom. The topological polar surface area (TPSA) is 83.8 Å². The van der Waals surface area contributed by atoms with Crippen LogP contribution in [-0.2, 0) is 48.8 Å². The number of carbonyl (C=O) groups is 2. The van der Waals surface area contributed by atoms with Crippen LogP contribution in [0.3, 0.4) is 0 Å². The molecule has 0 unspecified atom stereocenters. The smallest absolute Gasteiger partial charge is 0.341 e. The molecular formula is C40H60O5. The molecule has 0 radical (unpaired) electrons. The largest absolute Gasteiger partial charge is 0.507 e. The molecule has 0 bridgehead atoms. The van der Waals surface area contributed by atoms with Crippen LogP contribution in [0.5, 0.6) is 11.5 Å². The van der Waals surface area contributed by atoms with Crippen molar-refractivity contribution in [2.45, 2.75) is 157 Å². The quantitative estimate of drug-likeness (QED) is 0.120. The molecule has 0 atom stereocenters. The molecule has 0 heterocycles. The standard InChI is InChI=1S/C40H60O5/c1-14-15-16-17-18-28(21-27-24-31(39(8,9)10)35(43)32(25-27)40(11,12)13)36(44)45-33(41)20-19-26-22-29(37(2,3)4)34(42)30(23-26)38(5,6)7/h18,22-25,42-43H,14-17,19-21H2,1-13H3. The van der Waals surface area contributed by atoms with Crippen LogP contribution < -0.4 is 0 Å². The maximum atomic E-state index is 13.5. The summed E-state index contributed by atoms with van der Waals surface area (Å²) < 4.78 is 5.46. The predicted octanol–water partition coefficient (Wildman–Crippen LogP) is 10.0.